The van der Waals surface area contributed by atoms with Crippen LogP contribution in [0.3, 0.4) is 0 Å². The summed E-state index contributed by atoms with van der Waals surface area (Å²) >= 11 is 1.18. The summed E-state index contributed by atoms with van der Waals surface area (Å²) in [5.74, 6) is -3.13. The number of fused-ring (bicyclic) bond motifs is 3. The molecule has 0 radical (unpaired) electrons. The van der Waals surface area contributed by atoms with Crippen molar-refractivity contribution in [1.82, 2.24) is 14.5 Å². The third-order valence-electron chi connectivity index (χ3n) is 6.68. The highest BCUT2D eigenvalue weighted by Crippen LogP contribution is 2.40. The molecule has 3 heterocycles. The van der Waals surface area contributed by atoms with Gasteiger partial charge in [-0.1, -0.05) is 54.6 Å². The Labute approximate surface area is 263 Å². The first-order valence-corrected chi connectivity index (χ1v) is 14.3. The van der Waals surface area contributed by atoms with E-state index >= 15 is 0 Å². The van der Waals surface area contributed by atoms with Crippen molar-refractivity contribution in [1.29, 1.82) is 5.26 Å². The van der Waals surface area contributed by atoms with E-state index in [0.29, 0.717) is 15.8 Å². The molecule has 5 rings (SSSR count). The van der Waals surface area contributed by atoms with E-state index in [1.54, 1.807) is 53.7 Å². The largest absolute Gasteiger partial charge is 0.494 e. The molecule has 0 fully saturated rings. The van der Waals surface area contributed by atoms with E-state index < -0.39 is 17.7 Å². The first-order valence-electron chi connectivity index (χ1n) is 13.5. The quantitative estimate of drug-likeness (QED) is 0.201. The number of para-hydroxylation sites is 1. The van der Waals surface area contributed by atoms with Gasteiger partial charge in [0.15, 0.2) is 11.5 Å². The topological polar surface area (TPSA) is 143 Å². The monoisotopic (exact) mass is 650 g/mol. The lowest BCUT2D eigenvalue weighted by Gasteiger charge is -2.21. The van der Waals surface area contributed by atoms with Crippen LogP contribution in [0.2, 0.25) is 0 Å². The Kier molecular flexibility index (Phi) is 10.5. The fourth-order valence-corrected chi connectivity index (χ4v) is 5.85. The number of nitrogens with zero attached hydrogens (tertiary/aromatic N) is 4. The number of ether oxygens (including phenoxy) is 1. The number of Topliss-reactive ketones (excluding diaryl/α,β-unsaturated/α-hetero) is 1. The number of thiophene rings is 1. The number of carbonyl (C=O) groups excluding carboxylic acids is 2. The molecule has 0 saturated carbocycles. The number of carboxylic acids is 1. The van der Waals surface area contributed by atoms with E-state index in [9.17, 15) is 32.8 Å². The first kappa shape index (κ1) is 33.3. The van der Waals surface area contributed by atoms with E-state index in [0.717, 1.165) is 10.9 Å². The Morgan fingerprint density at radius 1 is 1.07 bits per heavy atom. The van der Waals surface area contributed by atoms with Gasteiger partial charge in [0.1, 0.15) is 10.3 Å². The van der Waals surface area contributed by atoms with Crippen LogP contribution in [0.5, 0.6) is 5.75 Å². The van der Waals surface area contributed by atoms with Gasteiger partial charge in [0.05, 0.1) is 36.4 Å². The molecule has 1 amide bonds. The molecule has 236 valence electrons. The molecule has 2 aromatic carbocycles. The van der Waals surface area contributed by atoms with Crippen LogP contribution in [0.4, 0.5) is 13.2 Å². The van der Waals surface area contributed by atoms with Gasteiger partial charge in [-0.2, -0.15) is 18.4 Å². The Balaban J connectivity index is 0.000000617. The lowest BCUT2D eigenvalue weighted by Crippen LogP contribution is -2.31. The second kappa shape index (κ2) is 14.5. The van der Waals surface area contributed by atoms with E-state index in [2.05, 4.69) is 11.1 Å². The maximum Gasteiger partial charge on any atom is 0.490 e. The molecule has 0 spiro atoms. The molecule has 0 aliphatic rings. The van der Waals surface area contributed by atoms with E-state index in [1.807, 2.05) is 30.3 Å². The Bertz CT molecular complexity index is 1990. The minimum atomic E-state index is -5.08. The van der Waals surface area contributed by atoms with Crippen molar-refractivity contribution in [2.75, 3.05) is 13.7 Å². The standard InChI is InChI=1S/C30H24N4O4S.C2HF3O2/c1-38-26-25-27(39-28(26)30(37)33(16-8-14-31)18-20-9-7-15-32-17-20)22-12-5-6-13-23(22)34(29(25)36)19-24(35)21-10-3-2-4-11-21;3-2(4,5)1(6)7/h2-7,9-13,15,17H,8,16,18-19H2,1H3;(H,6,7). The number of aromatic nitrogens is 2. The van der Waals surface area contributed by atoms with Gasteiger partial charge in [-0.25, -0.2) is 4.79 Å². The number of rotatable bonds is 9. The van der Waals surface area contributed by atoms with Crippen LogP contribution in [0, 0.1) is 11.3 Å². The summed E-state index contributed by atoms with van der Waals surface area (Å²) in [6.07, 6.45) is -1.61. The smallest absolute Gasteiger partial charge is 0.490 e. The van der Waals surface area contributed by atoms with Crippen LogP contribution in [-0.4, -0.2) is 57.0 Å². The van der Waals surface area contributed by atoms with Gasteiger partial charge in [0.25, 0.3) is 11.5 Å². The summed E-state index contributed by atoms with van der Waals surface area (Å²) in [4.78, 5) is 55.7. The number of amides is 1. The van der Waals surface area contributed by atoms with E-state index in [-0.39, 0.29) is 53.8 Å². The van der Waals surface area contributed by atoms with Crippen molar-refractivity contribution in [3.05, 3.63) is 105 Å². The number of hydrogen-bond acceptors (Lipinski definition) is 8. The zero-order valence-corrected chi connectivity index (χ0v) is 25.0. The first-order chi connectivity index (χ1) is 22.0. The molecular weight excluding hydrogens is 625 g/mol. The molecule has 10 nitrogen and oxygen atoms in total. The molecule has 14 heteroatoms. The third kappa shape index (κ3) is 7.39. The summed E-state index contributed by atoms with van der Waals surface area (Å²) in [5, 5.41) is 17.3. The molecule has 0 unspecified atom stereocenters. The number of benzene rings is 2. The molecular formula is C32H25F3N4O6S. The van der Waals surface area contributed by atoms with Crippen molar-refractivity contribution in [2.45, 2.75) is 25.7 Å². The molecule has 1 N–H and O–H groups in total. The molecule has 0 aliphatic carbocycles. The van der Waals surface area contributed by atoms with E-state index in [1.165, 1.54) is 23.0 Å². The van der Waals surface area contributed by atoms with Gasteiger partial charge >= 0.3 is 12.1 Å². The third-order valence-corrected chi connectivity index (χ3v) is 7.87. The number of halogens is 3. The van der Waals surface area contributed by atoms with Gasteiger partial charge in [-0.05, 0) is 17.7 Å². The molecule has 46 heavy (non-hydrogen) atoms. The highest BCUT2D eigenvalue weighted by molar-refractivity contribution is 7.22. The number of nitriles is 1. The van der Waals surface area contributed by atoms with Crippen LogP contribution in [0.25, 0.3) is 21.0 Å². The highest BCUT2D eigenvalue weighted by Gasteiger charge is 2.38. The maximum absolute atomic E-state index is 13.9. The number of hydrogen-bond donors (Lipinski definition) is 1. The minimum absolute atomic E-state index is 0.149. The number of methoxy groups -OCH3 is 1. The van der Waals surface area contributed by atoms with Gasteiger partial charge in [0, 0.05) is 36.4 Å². The average molecular weight is 651 g/mol. The average Bonchev–Trinajstić information content (AvgIpc) is 3.45. The molecule has 0 saturated heterocycles. The summed E-state index contributed by atoms with van der Waals surface area (Å²) < 4.78 is 39.5. The van der Waals surface area contributed by atoms with Crippen molar-refractivity contribution >= 4 is 50.0 Å². The van der Waals surface area contributed by atoms with Crippen LogP contribution in [0.15, 0.2) is 83.9 Å². The molecule has 0 atom stereocenters. The number of aliphatic carboxylic acids is 1. The summed E-state index contributed by atoms with van der Waals surface area (Å²) in [5.41, 5.74) is 1.51. The Morgan fingerprint density at radius 2 is 1.74 bits per heavy atom. The van der Waals surface area contributed by atoms with E-state index in [4.69, 9.17) is 14.6 Å². The number of carboxylic acid groups (broad SMARTS) is 1. The highest BCUT2D eigenvalue weighted by atomic mass is 32.1. The van der Waals surface area contributed by atoms with Gasteiger partial charge in [-0.3, -0.25) is 23.9 Å². The van der Waals surface area contributed by atoms with Crippen LogP contribution < -0.4 is 10.3 Å². The second-order valence-corrected chi connectivity index (χ2v) is 10.7. The van der Waals surface area contributed by atoms with Crippen molar-refractivity contribution in [3.8, 4) is 11.8 Å². The summed E-state index contributed by atoms with van der Waals surface area (Å²) in [7, 11) is 1.42. The van der Waals surface area contributed by atoms with Crippen molar-refractivity contribution in [3.63, 3.8) is 0 Å². The Hall–Kier alpha value is -5.55. The van der Waals surface area contributed by atoms with Gasteiger partial charge in [-0.15, -0.1) is 11.3 Å². The zero-order valence-electron chi connectivity index (χ0n) is 24.2. The molecule has 5 aromatic rings. The summed E-state index contributed by atoms with van der Waals surface area (Å²) in [6, 6.07) is 21.9. The van der Waals surface area contributed by atoms with Gasteiger partial charge < -0.3 is 14.7 Å². The summed E-state index contributed by atoms with van der Waals surface area (Å²) in [6.45, 7) is 0.303. The zero-order chi connectivity index (χ0) is 33.4. The predicted molar refractivity (Wildman–Crippen MR) is 164 cm³/mol. The number of carbonyl (C=O) groups is 3. The van der Waals surface area contributed by atoms with Crippen LogP contribution >= 0.6 is 11.3 Å². The minimum Gasteiger partial charge on any atom is -0.494 e. The fourth-order valence-electron chi connectivity index (χ4n) is 4.59. The molecule has 0 aliphatic heterocycles. The predicted octanol–water partition coefficient (Wildman–Crippen LogP) is 5.69. The van der Waals surface area contributed by atoms with Crippen LogP contribution in [-0.2, 0) is 17.9 Å². The second-order valence-electron chi connectivity index (χ2n) is 9.67. The van der Waals surface area contributed by atoms with Gasteiger partial charge in [0.2, 0.25) is 0 Å². The van der Waals surface area contributed by atoms with Crippen LogP contribution in [0.1, 0.15) is 32.0 Å². The number of pyridine rings is 2. The van der Waals surface area contributed by atoms with Crippen molar-refractivity contribution < 1.29 is 37.4 Å². The Morgan fingerprint density at radius 3 is 2.35 bits per heavy atom. The van der Waals surface area contributed by atoms with Crippen molar-refractivity contribution in [2.24, 2.45) is 0 Å². The lowest BCUT2D eigenvalue weighted by molar-refractivity contribution is -0.192. The molecule has 3 aromatic heterocycles. The lowest BCUT2D eigenvalue weighted by atomic mass is 10.1. The fraction of sp³-hybridized carbons (Fsp3) is 0.188. The SMILES string of the molecule is COc1c(C(=O)N(CCC#N)Cc2cccnc2)sc2c1c(=O)n(CC(=O)c1ccccc1)c1ccccc21.O=C(O)C(F)(F)F. The number of ketones is 1. The maximum atomic E-state index is 13.9. The molecule has 0 bridgehead atoms. The number of alkyl halides is 3. The normalized spacial score (nSPS) is 10.9.